The molecule has 5 rings (SSSR count). The summed E-state index contributed by atoms with van der Waals surface area (Å²) in [7, 11) is 4.72. The van der Waals surface area contributed by atoms with Crippen molar-refractivity contribution in [2.24, 2.45) is 28.9 Å². The Bertz CT molecular complexity index is 1450. The number of nitrogens with two attached hydrogens (primary N) is 1. The van der Waals surface area contributed by atoms with Crippen LogP contribution in [-0.2, 0) is 22.6 Å². The van der Waals surface area contributed by atoms with Crippen LogP contribution in [0.25, 0.3) is 0 Å². The molecule has 1 aliphatic heterocycles. The Morgan fingerprint density at radius 2 is 1.79 bits per heavy atom. The molecule has 1 aromatic carbocycles. The number of phenols is 1. The first-order valence-electron chi connectivity index (χ1n) is 14.8. The number of fused-ring (bicyclic) bond motifs is 3. The number of primary amides is 1. The summed E-state index contributed by atoms with van der Waals surface area (Å²) in [4.78, 5) is 43.4. The number of phenolic OH excluding ortho intramolecular Hbond substituents is 1. The van der Waals surface area contributed by atoms with Gasteiger partial charge in [0.15, 0.2) is 11.4 Å². The van der Waals surface area contributed by atoms with E-state index in [1.54, 1.807) is 14.1 Å². The van der Waals surface area contributed by atoms with Crippen LogP contribution in [0.1, 0.15) is 61.5 Å². The topological polar surface area (TPSA) is 174 Å². The summed E-state index contributed by atoms with van der Waals surface area (Å²) in [5, 5.41) is 45.3. The van der Waals surface area contributed by atoms with Gasteiger partial charge in [0.25, 0.3) is 5.91 Å². The van der Waals surface area contributed by atoms with E-state index in [-0.39, 0.29) is 35.1 Å². The number of Topliss-reactive ketones (excluding diaryl/α,β-unsaturated/α-hetero) is 2. The van der Waals surface area contributed by atoms with Crippen molar-refractivity contribution in [1.29, 1.82) is 0 Å². The average Bonchev–Trinajstić information content (AvgIpc) is 2.90. The molecule has 1 fully saturated rings. The number of benzene rings is 1. The number of aliphatic hydroxyl groups excluding tert-OH is 2. The van der Waals surface area contributed by atoms with Gasteiger partial charge in [-0.05, 0) is 76.2 Å². The summed E-state index contributed by atoms with van der Waals surface area (Å²) in [5.74, 6) is -5.60. The summed E-state index contributed by atoms with van der Waals surface area (Å²) < 4.78 is 5.85. The third kappa shape index (κ3) is 4.72. The van der Waals surface area contributed by atoms with Crippen molar-refractivity contribution in [1.82, 2.24) is 9.80 Å². The molecule has 43 heavy (non-hydrogen) atoms. The number of amides is 1. The van der Waals surface area contributed by atoms with Crippen molar-refractivity contribution in [3.05, 3.63) is 45.4 Å². The molecule has 0 aromatic heterocycles. The summed E-state index contributed by atoms with van der Waals surface area (Å²) in [6, 6.07) is 0.479. The van der Waals surface area contributed by atoms with Gasteiger partial charge in [0.1, 0.15) is 28.6 Å². The number of rotatable bonds is 5. The molecule has 0 radical (unpaired) electrons. The van der Waals surface area contributed by atoms with Crippen LogP contribution in [0.4, 0.5) is 0 Å². The number of allylic oxidation sites excluding steroid dienone is 1. The maximum atomic E-state index is 14.0. The minimum atomic E-state index is -2.66. The second-order valence-electron chi connectivity index (χ2n) is 13.8. The molecule has 3 aliphatic carbocycles. The van der Waals surface area contributed by atoms with Gasteiger partial charge < -0.3 is 30.9 Å². The molecule has 0 unspecified atom stereocenters. The van der Waals surface area contributed by atoms with Gasteiger partial charge in [-0.1, -0.05) is 20.8 Å². The van der Waals surface area contributed by atoms with Crippen molar-refractivity contribution < 1.29 is 39.5 Å². The highest BCUT2D eigenvalue weighted by atomic mass is 16.5. The molecule has 1 aromatic rings. The Morgan fingerprint density at radius 3 is 2.33 bits per heavy atom. The maximum Gasteiger partial charge on any atom is 0.255 e. The van der Waals surface area contributed by atoms with Gasteiger partial charge in [-0.3, -0.25) is 24.2 Å². The Kier molecular flexibility index (Phi) is 7.68. The number of ketones is 2. The smallest absolute Gasteiger partial charge is 0.255 e. The van der Waals surface area contributed by atoms with E-state index in [0.29, 0.717) is 23.8 Å². The fraction of sp³-hybridized carbons (Fsp3) is 0.594. The second-order valence-corrected chi connectivity index (χ2v) is 13.8. The van der Waals surface area contributed by atoms with E-state index in [0.717, 1.165) is 31.5 Å². The zero-order valence-corrected chi connectivity index (χ0v) is 25.7. The van der Waals surface area contributed by atoms with Crippen LogP contribution in [-0.4, -0.2) is 93.6 Å². The van der Waals surface area contributed by atoms with Crippen LogP contribution >= 0.6 is 0 Å². The van der Waals surface area contributed by atoms with Crippen molar-refractivity contribution >= 4 is 17.5 Å². The number of hydrogen-bond donors (Lipinski definition) is 5. The van der Waals surface area contributed by atoms with E-state index in [9.17, 15) is 34.8 Å². The Labute approximate surface area is 251 Å². The average molecular weight is 598 g/mol. The minimum absolute atomic E-state index is 0.0280. The zero-order chi connectivity index (χ0) is 31.8. The molecule has 11 heteroatoms. The van der Waals surface area contributed by atoms with Crippen LogP contribution in [0.5, 0.6) is 11.5 Å². The standard InChI is InChI=1S/C32H43N3O8/c1-31(2,3)17-7-9-35(10-8-17)14-16-13-20(36)22-18(27(16)43-6)11-15-12-19-24(34(4)5)26(38)23(30(33)41)29(40)32(19,42)28(39)21(15)25(22)37/h13,15,17,19,24,36,38-39,42H,7-12,14H2,1-6H3,(H2,33,41)/t15-,19-,24-,32-/m0/s1. The van der Waals surface area contributed by atoms with Crippen LogP contribution in [0.15, 0.2) is 28.7 Å². The van der Waals surface area contributed by atoms with E-state index in [2.05, 4.69) is 25.7 Å². The quantitative estimate of drug-likeness (QED) is 0.317. The Balaban J connectivity index is 1.55. The lowest BCUT2D eigenvalue weighted by atomic mass is 9.58. The number of methoxy groups -OCH3 is 1. The van der Waals surface area contributed by atoms with Crippen molar-refractivity contribution in [2.45, 2.75) is 64.6 Å². The number of likely N-dealkylation sites (N-methyl/N-ethyl adjacent to an activating group) is 1. The first-order chi connectivity index (χ1) is 20.0. The summed E-state index contributed by atoms with van der Waals surface area (Å²) in [6.45, 7) is 9.12. The van der Waals surface area contributed by atoms with Gasteiger partial charge in [-0.25, -0.2) is 0 Å². The monoisotopic (exact) mass is 597 g/mol. The molecule has 234 valence electrons. The third-order valence-electron chi connectivity index (χ3n) is 10.2. The maximum absolute atomic E-state index is 14.0. The van der Waals surface area contributed by atoms with Crippen LogP contribution < -0.4 is 10.5 Å². The molecule has 1 saturated heterocycles. The molecular formula is C32H43N3O8. The van der Waals surface area contributed by atoms with Gasteiger partial charge >= 0.3 is 0 Å². The van der Waals surface area contributed by atoms with Crippen LogP contribution in [0, 0.1) is 23.2 Å². The molecule has 6 N–H and O–H groups in total. The lowest BCUT2D eigenvalue weighted by Crippen LogP contribution is -2.63. The van der Waals surface area contributed by atoms with E-state index < -0.39 is 58.0 Å². The lowest BCUT2D eigenvalue weighted by Gasteiger charge is -2.50. The summed E-state index contributed by atoms with van der Waals surface area (Å²) in [6.07, 6.45) is 2.34. The largest absolute Gasteiger partial charge is 0.510 e. The third-order valence-corrected chi connectivity index (χ3v) is 10.2. The minimum Gasteiger partial charge on any atom is -0.510 e. The van der Waals surface area contributed by atoms with Gasteiger partial charge in [-0.2, -0.15) is 0 Å². The van der Waals surface area contributed by atoms with Gasteiger partial charge in [-0.15, -0.1) is 0 Å². The zero-order valence-electron chi connectivity index (χ0n) is 25.7. The van der Waals surface area contributed by atoms with Gasteiger partial charge in [0.05, 0.1) is 18.7 Å². The number of aliphatic hydroxyl groups is 3. The number of nitrogens with zero attached hydrogens (tertiary/aromatic N) is 2. The molecule has 1 heterocycles. The molecule has 0 bridgehead atoms. The number of likely N-dealkylation sites (tertiary alicyclic amines) is 1. The summed E-state index contributed by atoms with van der Waals surface area (Å²) >= 11 is 0. The van der Waals surface area contributed by atoms with Crippen molar-refractivity contribution in [2.75, 3.05) is 34.3 Å². The normalized spacial score (nSPS) is 28.6. The fourth-order valence-electron chi connectivity index (χ4n) is 7.93. The molecule has 1 amide bonds. The Hall–Kier alpha value is -3.41. The van der Waals surface area contributed by atoms with Crippen LogP contribution in [0.3, 0.4) is 0 Å². The number of ether oxygens (including phenoxy) is 1. The predicted molar refractivity (Wildman–Crippen MR) is 158 cm³/mol. The predicted octanol–water partition coefficient (Wildman–Crippen LogP) is 2.39. The molecular weight excluding hydrogens is 554 g/mol. The molecule has 0 spiro atoms. The van der Waals surface area contributed by atoms with Crippen molar-refractivity contribution in [3.63, 3.8) is 0 Å². The Morgan fingerprint density at radius 1 is 1.16 bits per heavy atom. The molecule has 4 aliphatic rings. The van der Waals surface area contributed by atoms with E-state index in [4.69, 9.17) is 10.5 Å². The van der Waals surface area contributed by atoms with Crippen molar-refractivity contribution in [3.8, 4) is 11.5 Å². The first-order valence-corrected chi connectivity index (χ1v) is 14.8. The number of aromatic hydroxyl groups is 1. The number of carbonyl (C=O) groups excluding carboxylic acids is 3. The van der Waals surface area contributed by atoms with Gasteiger partial charge in [0, 0.05) is 29.2 Å². The number of carbonyl (C=O) groups is 3. The molecule has 11 nitrogen and oxygen atoms in total. The van der Waals surface area contributed by atoms with E-state index >= 15 is 0 Å². The van der Waals surface area contributed by atoms with Crippen LogP contribution in [0.2, 0.25) is 0 Å². The highest BCUT2D eigenvalue weighted by Crippen LogP contribution is 2.53. The summed E-state index contributed by atoms with van der Waals surface area (Å²) in [5.41, 5.74) is 3.16. The second kappa shape index (κ2) is 10.6. The number of hydrogen-bond acceptors (Lipinski definition) is 10. The van der Waals surface area contributed by atoms with E-state index in [1.807, 2.05) is 0 Å². The highest BCUT2D eigenvalue weighted by Gasteiger charge is 2.63. The first kappa shape index (κ1) is 31.0. The number of piperidine rings is 1. The van der Waals surface area contributed by atoms with E-state index in [1.165, 1.54) is 18.1 Å². The SMILES string of the molecule is COc1c(CN2CCC(C(C)(C)C)CC2)cc(O)c2c1C[C@H]1C[C@H]3[C@H](N(C)C)C(O)=C(C(N)=O)C(=O)[C@@]3(O)C(O)=C1C2=O. The fourth-order valence-corrected chi connectivity index (χ4v) is 7.93. The molecule has 4 atom stereocenters. The molecule has 0 saturated carbocycles. The highest BCUT2D eigenvalue weighted by molar-refractivity contribution is 6.24. The lowest BCUT2D eigenvalue weighted by molar-refractivity contribution is -0.148. The van der Waals surface area contributed by atoms with Gasteiger partial charge in [0.2, 0.25) is 5.78 Å².